The first-order valence-corrected chi connectivity index (χ1v) is 3.98. The third-order valence-electron chi connectivity index (χ3n) is 2.12. The Kier molecular flexibility index (Phi) is 1.80. The van der Waals surface area contributed by atoms with Gasteiger partial charge >= 0.3 is 0 Å². The van der Waals surface area contributed by atoms with Crippen molar-refractivity contribution in [1.29, 1.82) is 0 Å². The van der Waals surface area contributed by atoms with Crippen LogP contribution in [0, 0.1) is 0 Å². The van der Waals surface area contributed by atoms with Crippen molar-refractivity contribution in [3.8, 4) is 0 Å². The van der Waals surface area contributed by atoms with Crippen LogP contribution in [0.3, 0.4) is 0 Å². The van der Waals surface area contributed by atoms with E-state index >= 15 is 0 Å². The molecule has 0 unspecified atom stereocenters. The molecule has 0 spiro atoms. The Bertz CT molecular complexity index is 206. The van der Waals surface area contributed by atoms with E-state index in [-0.39, 0.29) is 12.2 Å². The molecule has 0 fully saturated rings. The van der Waals surface area contributed by atoms with Gasteiger partial charge in [0.05, 0.1) is 19.3 Å². The Hall–Kier alpha value is -0.600. The van der Waals surface area contributed by atoms with Crippen molar-refractivity contribution in [3.05, 3.63) is 23.8 Å². The maximum absolute atomic E-state index is 5.51. The highest BCUT2D eigenvalue weighted by atomic mass is 16.5. The Morgan fingerprint density at radius 2 is 2.27 bits per heavy atom. The summed E-state index contributed by atoms with van der Waals surface area (Å²) >= 11 is 0. The molecule has 2 atom stereocenters. The van der Waals surface area contributed by atoms with Crippen molar-refractivity contribution in [3.63, 3.8) is 0 Å². The zero-order valence-electron chi connectivity index (χ0n) is 6.62. The number of fused-ring (bicyclic) bond motifs is 1. The lowest BCUT2D eigenvalue weighted by molar-refractivity contribution is -0.0431. The molecular weight excluding hydrogens is 140 g/mol. The molecule has 2 aliphatic heterocycles. The molecule has 2 heteroatoms. The molecule has 0 saturated carbocycles. The van der Waals surface area contributed by atoms with Crippen molar-refractivity contribution in [2.45, 2.75) is 19.1 Å². The molecule has 2 nitrogen and oxygen atoms in total. The molecule has 0 aromatic heterocycles. The minimum atomic E-state index is 0.175. The summed E-state index contributed by atoms with van der Waals surface area (Å²) in [7, 11) is 0. The predicted molar refractivity (Wildman–Crippen MR) is 42.4 cm³/mol. The number of ether oxygens (including phenoxy) is 2. The summed E-state index contributed by atoms with van der Waals surface area (Å²) in [6, 6.07) is 0. The molecule has 0 aromatic carbocycles. The largest absolute Gasteiger partial charge is 0.371 e. The van der Waals surface area contributed by atoms with E-state index in [9.17, 15) is 0 Å². The second-order valence-corrected chi connectivity index (χ2v) is 2.90. The van der Waals surface area contributed by atoms with Crippen LogP contribution in [0.5, 0.6) is 0 Å². The standard InChI is InChI=1S/C9H12O2/c1-7-9-8(4-6-10-7)3-2-5-11-9/h2-4,7,9H,5-6H2,1H3/t7-,9-/m0/s1. The smallest absolute Gasteiger partial charge is 0.109 e. The molecule has 60 valence electrons. The molecule has 0 saturated heterocycles. The summed E-state index contributed by atoms with van der Waals surface area (Å²) in [6.45, 7) is 3.49. The average Bonchev–Trinajstić information content (AvgIpc) is 2.06. The monoisotopic (exact) mass is 152 g/mol. The van der Waals surface area contributed by atoms with E-state index in [4.69, 9.17) is 9.47 Å². The van der Waals surface area contributed by atoms with Gasteiger partial charge in [0.2, 0.25) is 0 Å². The SMILES string of the molecule is C[C@@H]1OCC=C2C=CCO[C@H]21. The van der Waals surface area contributed by atoms with E-state index in [1.54, 1.807) is 0 Å². The van der Waals surface area contributed by atoms with Gasteiger partial charge in [-0.15, -0.1) is 0 Å². The molecule has 2 heterocycles. The quantitative estimate of drug-likeness (QED) is 0.520. The zero-order valence-corrected chi connectivity index (χ0v) is 6.62. The second kappa shape index (κ2) is 2.80. The normalized spacial score (nSPS) is 36.3. The van der Waals surface area contributed by atoms with E-state index in [0.29, 0.717) is 0 Å². The molecular formula is C9H12O2. The van der Waals surface area contributed by atoms with Gasteiger partial charge in [0, 0.05) is 0 Å². The van der Waals surface area contributed by atoms with E-state index in [1.165, 1.54) is 5.57 Å². The first-order chi connectivity index (χ1) is 5.38. The second-order valence-electron chi connectivity index (χ2n) is 2.90. The van der Waals surface area contributed by atoms with E-state index < -0.39 is 0 Å². The van der Waals surface area contributed by atoms with Crippen LogP contribution in [-0.2, 0) is 9.47 Å². The summed E-state index contributed by atoms with van der Waals surface area (Å²) in [6.07, 6.45) is 6.64. The summed E-state index contributed by atoms with van der Waals surface area (Å²) < 4.78 is 10.9. The Labute approximate surface area is 66.5 Å². The fourth-order valence-corrected chi connectivity index (χ4v) is 1.51. The molecule has 0 amide bonds. The van der Waals surface area contributed by atoms with E-state index in [1.807, 2.05) is 6.08 Å². The average molecular weight is 152 g/mol. The zero-order chi connectivity index (χ0) is 7.68. The van der Waals surface area contributed by atoms with Crippen LogP contribution in [0.1, 0.15) is 6.92 Å². The lowest BCUT2D eigenvalue weighted by Crippen LogP contribution is -2.35. The first kappa shape index (κ1) is 7.07. The van der Waals surface area contributed by atoms with Gasteiger partial charge < -0.3 is 9.47 Å². The fraction of sp³-hybridized carbons (Fsp3) is 0.556. The maximum Gasteiger partial charge on any atom is 0.109 e. The van der Waals surface area contributed by atoms with Crippen molar-refractivity contribution in [2.75, 3.05) is 13.2 Å². The molecule has 11 heavy (non-hydrogen) atoms. The summed E-state index contributed by atoms with van der Waals surface area (Å²) in [5.41, 5.74) is 1.27. The highest BCUT2D eigenvalue weighted by molar-refractivity contribution is 5.28. The molecule has 2 aliphatic rings. The van der Waals surface area contributed by atoms with E-state index in [2.05, 4.69) is 19.1 Å². The van der Waals surface area contributed by atoms with Gasteiger partial charge in [-0.25, -0.2) is 0 Å². The van der Waals surface area contributed by atoms with Gasteiger partial charge in [-0.05, 0) is 12.5 Å². The van der Waals surface area contributed by atoms with Crippen molar-refractivity contribution in [2.24, 2.45) is 0 Å². The minimum Gasteiger partial charge on any atom is -0.371 e. The first-order valence-electron chi connectivity index (χ1n) is 3.98. The van der Waals surface area contributed by atoms with Gasteiger partial charge in [-0.2, -0.15) is 0 Å². The van der Waals surface area contributed by atoms with Crippen molar-refractivity contribution >= 4 is 0 Å². The van der Waals surface area contributed by atoms with Gasteiger partial charge in [0.15, 0.2) is 0 Å². The Morgan fingerprint density at radius 1 is 1.36 bits per heavy atom. The Morgan fingerprint density at radius 3 is 3.09 bits per heavy atom. The fourth-order valence-electron chi connectivity index (χ4n) is 1.51. The molecule has 0 radical (unpaired) electrons. The molecule has 0 aromatic rings. The number of hydrogen-bond acceptors (Lipinski definition) is 2. The molecule has 0 N–H and O–H groups in total. The molecule has 0 bridgehead atoms. The minimum absolute atomic E-state index is 0.175. The highest BCUT2D eigenvalue weighted by Crippen LogP contribution is 2.22. The molecule has 2 rings (SSSR count). The van der Waals surface area contributed by atoms with Gasteiger partial charge in [0.1, 0.15) is 6.10 Å². The van der Waals surface area contributed by atoms with Crippen LogP contribution < -0.4 is 0 Å². The van der Waals surface area contributed by atoms with Gasteiger partial charge in [-0.3, -0.25) is 0 Å². The topological polar surface area (TPSA) is 18.5 Å². The Balaban J connectivity index is 2.23. The van der Waals surface area contributed by atoms with Crippen molar-refractivity contribution < 1.29 is 9.47 Å². The lowest BCUT2D eigenvalue weighted by Gasteiger charge is -2.30. The highest BCUT2D eigenvalue weighted by Gasteiger charge is 2.25. The van der Waals surface area contributed by atoms with Crippen LogP contribution >= 0.6 is 0 Å². The van der Waals surface area contributed by atoms with Crippen LogP contribution in [0.15, 0.2) is 23.8 Å². The van der Waals surface area contributed by atoms with Gasteiger partial charge in [0.25, 0.3) is 0 Å². The third kappa shape index (κ3) is 1.24. The maximum atomic E-state index is 5.51. The summed E-state index contributed by atoms with van der Waals surface area (Å²) in [5, 5.41) is 0. The third-order valence-corrected chi connectivity index (χ3v) is 2.12. The van der Waals surface area contributed by atoms with E-state index in [0.717, 1.165) is 13.2 Å². The van der Waals surface area contributed by atoms with Crippen molar-refractivity contribution in [1.82, 2.24) is 0 Å². The molecule has 0 aliphatic carbocycles. The number of rotatable bonds is 0. The summed E-state index contributed by atoms with van der Waals surface area (Å²) in [4.78, 5) is 0. The summed E-state index contributed by atoms with van der Waals surface area (Å²) in [5.74, 6) is 0. The van der Waals surface area contributed by atoms with Crippen LogP contribution in [0.4, 0.5) is 0 Å². The van der Waals surface area contributed by atoms with Gasteiger partial charge in [-0.1, -0.05) is 18.2 Å². The van der Waals surface area contributed by atoms with Crippen LogP contribution in [0.2, 0.25) is 0 Å². The predicted octanol–water partition coefficient (Wildman–Crippen LogP) is 1.29. The lowest BCUT2D eigenvalue weighted by atomic mass is 10.0. The number of hydrogen-bond donors (Lipinski definition) is 0. The van der Waals surface area contributed by atoms with Crippen LogP contribution in [-0.4, -0.2) is 25.4 Å². The van der Waals surface area contributed by atoms with Crippen LogP contribution in [0.25, 0.3) is 0 Å².